The highest BCUT2D eigenvalue weighted by atomic mass is 19.1. The van der Waals surface area contributed by atoms with Crippen LogP contribution < -0.4 is 0 Å². The molecular formula is C22H24FN5O. The third-order valence-electron chi connectivity index (χ3n) is 4.65. The van der Waals surface area contributed by atoms with Crippen molar-refractivity contribution in [1.82, 2.24) is 24.6 Å². The number of hydrogen-bond acceptors (Lipinski definition) is 4. The average Bonchev–Trinajstić information content (AvgIpc) is 3.38. The van der Waals surface area contributed by atoms with Gasteiger partial charge in [0.1, 0.15) is 17.2 Å². The van der Waals surface area contributed by atoms with Crippen molar-refractivity contribution in [2.24, 2.45) is 7.05 Å². The Morgan fingerprint density at radius 3 is 2.52 bits per heavy atom. The molecule has 0 spiro atoms. The molecule has 0 radical (unpaired) electrons. The van der Waals surface area contributed by atoms with Crippen molar-refractivity contribution in [1.29, 1.82) is 0 Å². The zero-order chi connectivity index (χ0) is 20.8. The summed E-state index contributed by atoms with van der Waals surface area (Å²) in [6.45, 7) is 6.60. The van der Waals surface area contributed by atoms with E-state index in [0.717, 1.165) is 36.3 Å². The smallest absolute Gasteiger partial charge is 0.209 e. The summed E-state index contributed by atoms with van der Waals surface area (Å²) in [7, 11) is 1.85. The van der Waals surface area contributed by atoms with Gasteiger partial charge in [0.05, 0.1) is 17.6 Å². The van der Waals surface area contributed by atoms with E-state index in [-0.39, 0.29) is 11.7 Å². The second-order valence-electron chi connectivity index (χ2n) is 6.86. The van der Waals surface area contributed by atoms with Gasteiger partial charge in [-0.15, -0.1) is 6.58 Å². The molecule has 0 N–H and O–H groups in total. The largest absolute Gasteiger partial charge is 0.345 e. The lowest BCUT2D eigenvalue weighted by atomic mass is 10.0. The number of aromatic nitrogens is 4. The fraction of sp³-hybridized carbons (Fsp3) is 0.273. The average molecular weight is 393 g/mol. The third-order valence-corrected chi connectivity index (χ3v) is 4.65. The van der Waals surface area contributed by atoms with Crippen molar-refractivity contribution in [3.63, 3.8) is 0 Å². The molecule has 1 amide bonds. The maximum Gasteiger partial charge on any atom is 0.209 e. The molecule has 150 valence electrons. The van der Waals surface area contributed by atoms with E-state index in [9.17, 15) is 9.18 Å². The number of carbonyl (C=O) groups is 1. The first-order valence-electron chi connectivity index (χ1n) is 9.45. The number of nitrogens with zero attached hydrogens (tertiary/aromatic N) is 5. The third kappa shape index (κ3) is 4.74. The molecular weight excluding hydrogens is 369 g/mol. The molecule has 1 aromatic carbocycles. The van der Waals surface area contributed by atoms with Crippen LogP contribution in [0.3, 0.4) is 0 Å². The molecule has 7 heteroatoms. The molecule has 1 fully saturated rings. The van der Waals surface area contributed by atoms with Crippen molar-refractivity contribution in [2.75, 3.05) is 13.1 Å². The van der Waals surface area contributed by atoms with Gasteiger partial charge in [0.2, 0.25) is 6.41 Å². The molecule has 4 rings (SSSR count). The van der Waals surface area contributed by atoms with Gasteiger partial charge >= 0.3 is 0 Å². The Bertz CT molecular complexity index is 983. The van der Waals surface area contributed by atoms with E-state index in [1.54, 1.807) is 34.0 Å². The summed E-state index contributed by atoms with van der Waals surface area (Å²) in [6.07, 6.45) is 7.04. The minimum absolute atomic E-state index is 0.131. The molecule has 1 aliphatic rings. The normalized spacial score (nSPS) is 15.6. The van der Waals surface area contributed by atoms with Crippen LogP contribution in [-0.2, 0) is 11.8 Å². The molecule has 1 unspecified atom stereocenters. The fourth-order valence-electron chi connectivity index (χ4n) is 3.29. The van der Waals surface area contributed by atoms with Gasteiger partial charge in [-0.25, -0.2) is 9.37 Å². The van der Waals surface area contributed by atoms with Gasteiger partial charge in [-0.3, -0.25) is 14.5 Å². The number of likely N-dealkylation sites (tertiary alicyclic amines) is 1. The summed E-state index contributed by atoms with van der Waals surface area (Å²) < 4.78 is 14.9. The summed E-state index contributed by atoms with van der Waals surface area (Å²) in [6, 6.07) is 8.08. The number of allylic oxidation sites excluding steroid dienone is 1. The minimum atomic E-state index is -0.289. The van der Waals surface area contributed by atoms with Crippen molar-refractivity contribution >= 4 is 6.41 Å². The lowest BCUT2D eigenvalue weighted by Crippen LogP contribution is -2.18. The first-order chi connectivity index (χ1) is 14.0. The number of benzene rings is 1. The van der Waals surface area contributed by atoms with E-state index in [1.165, 1.54) is 12.1 Å². The number of amides is 1. The summed E-state index contributed by atoms with van der Waals surface area (Å²) in [5.74, 6) is -0.157. The van der Waals surface area contributed by atoms with E-state index in [0.29, 0.717) is 17.9 Å². The molecule has 0 saturated carbocycles. The van der Waals surface area contributed by atoms with Crippen LogP contribution in [-0.4, -0.2) is 44.1 Å². The Morgan fingerprint density at radius 1 is 1.21 bits per heavy atom. The van der Waals surface area contributed by atoms with Gasteiger partial charge in [-0.2, -0.15) is 5.10 Å². The maximum absolute atomic E-state index is 13.2. The van der Waals surface area contributed by atoms with Gasteiger partial charge in [0, 0.05) is 37.8 Å². The second kappa shape index (κ2) is 9.23. The number of rotatable bonds is 4. The van der Waals surface area contributed by atoms with Crippen molar-refractivity contribution in [3.05, 3.63) is 66.9 Å². The van der Waals surface area contributed by atoms with E-state index < -0.39 is 0 Å². The number of hydrogen-bond donors (Lipinski definition) is 0. The van der Waals surface area contributed by atoms with Crippen LogP contribution in [0.2, 0.25) is 0 Å². The van der Waals surface area contributed by atoms with Crippen LogP contribution in [0.4, 0.5) is 4.39 Å². The lowest BCUT2D eigenvalue weighted by molar-refractivity contribution is -0.117. The molecule has 0 aliphatic carbocycles. The highest BCUT2D eigenvalue weighted by molar-refractivity contribution is 5.65. The van der Waals surface area contributed by atoms with E-state index >= 15 is 0 Å². The van der Waals surface area contributed by atoms with Crippen LogP contribution >= 0.6 is 0 Å². The Morgan fingerprint density at radius 2 is 1.93 bits per heavy atom. The fourth-order valence-corrected chi connectivity index (χ4v) is 3.29. The van der Waals surface area contributed by atoms with Crippen LogP contribution in [0, 0.1) is 5.82 Å². The van der Waals surface area contributed by atoms with Crippen LogP contribution in [0.15, 0.2) is 55.4 Å². The summed E-state index contributed by atoms with van der Waals surface area (Å²) in [4.78, 5) is 22.3. The monoisotopic (exact) mass is 393 g/mol. The van der Waals surface area contributed by atoms with Crippen molar-refractivity contribution in [2.45, 2.75) is 19.3 Å². The Hall–Kier alpha value is -3.35. The van der Waals surface area contributed by atoms with E-state index in [2.05, 4.69) is 16.7 Å². The maximum atomic E-state index is 13.2. The number of aryl methyl sites for hydroxylation is 1. The zero-order valence-corrected chi connectivity index (χ0v) is 16.6. The highest BCUT2D eigenvalue weighted by Crippen LogP contribution is 2.32. The molecule has 2 aromatic heterocycles. The summed E-state index contributed by atoms with van der Waals surface area (Å²) in [5.41, 5.74) is 3.76. The quantitative estimate of drug-likeness (QED) is 0.499. The van der Waals surface area contributed by atoms with Crippen LogP contribution in [0.1, 0.15) is 25.0 Å². The predicted octanol–water partition coefficient (Wildman–Crippen LogP) is 3.82. The lowest BCUT2D eigenvalue weighted by Gasteiger charge is -2.14. The van der Waals surface area contributed by atoms with E-state index in [1.807, 2.05) is 26.2 Å². The molecule has 29 heavy (non-hydrogen) atoms. The van der Waals surface area contributed by atoms with Crippen LogP contribution in [0.5, 0.6) is 0 Å². The standard InChI is InChI=1S/C19H18FN5O.C3H6/c1-24-8-7-16(23-24)19-18(14-6-9-25(11-14)12-26)21-10-17(22-19)13-2-4-15(20)5-3-13;1-3-2/h2-5,7-8,10,12,14H,6,9,11H2,1H3;3H,1H2,2H3. The molecule has 3 aromatic rings. The van der Waals surface area contributed by atoms with Gasteiger partial charge in [-0.05, 0) is 43.7 Å². The zero-order valence-electron chi connectivity index (χ0n) is 16.6. The van der Waals surface area contributed by atoms with Gasteiger partial charge in [0.15, 0.2) is 0 Å². The SMILES string of the molecule is C=CC.Cn1ccc(-c2nc(-c3ccc(F)cc3)cnc2C2CCN(C=O)C2)n1. The first kappa shape index (κ1) is 20.4. The van der Waals surface area contributed by atoms with E-state index in [4.69, 9.17) is 4.98 Å². The Balaban J connectivity index is 0.000000755. The molecule has 1 atom stereocenters. The molecule has 1 saturated heterocycles. The number of carbonyl (C=O) groups excluding carboxylic acids is 1. The predicted molar refractivity (Wildman–Crippen MR) is 110 cm³/mol. The number of halogens is 1. The molecule has 6 nitrogen and oxygen atoms in total. The summed E-state index contributed by atoms with van der Waals surface area (Å²) >= 11 is 0. The topological polar surface area (TPSA) is 63.9 Å². The van der Waals surface area contributed by atoms with Gasteiger partial charge in [-0.1, -0.05) is 6.08 Å². The summed E-state index contributed by atoms with van der Waals surface area (Å²) in [5, 5.41) is 4.47. The van der Waals surface area contributed by atoms with Crippen molar-refractivity contribution < 1.29 is 9.18 Å². The first-order valence-corrected chi connectivity index (χ1v) is 9.45. The van der Waals surface area contributed by atoms with Gasteiger partial charge < -0.3 is 4.90 Å². The van der Waals surface area contributed by atoms with Gasteiger partial charge in [0.25, 0.3) is 0 Å². The highest BCUT2D eigenvalue weighted by Gasteiger charge is 2.28. The van der Waals surface area contributed by atoms with Crippen LogP contribution in [0.25, 0.3) is 22.6 Å². The molecule has 0 bridgehead atoms. The van der Waals surface area contributed by atoms with Crippen molar-refractivity contribution in [3.8, 4) is 22.6 Å². The molecule has 1 aliphatic heterocycles. The second-order valence-corrected chi connectivity index (χ2v) is 6.86. The Labute approximate surface area is 169 Å². The molecule has 3 heterocycles. The Kier molecular flexibility index (Phi) is 6.49. The minimum Gasteiger partial charge on any atom is -0.345 e.